The average Bonchev–Trinajstić information content (AvgIpc) is 2.77. The number of fused-ring (bicyclic) bond motifs is 1. The van der Waals surface area contributed by atoms with Crippen LogP contribution in [0.4, 0.5) is 0 Å². The SMILES string of the molecule is Cn1c(-c2ccncc2Cl)nc2c(C#N)cccc21. The third-order valence-corrected chi connectivity index (χ3v) is 3.35. The zero-order valence-electron chi connectivity index (χ0n) is 10.1. The van der Waals surface area contributed by atoms with Crippen LogP contribution in [0.2, 0.25) is 5.02 Å². The van der Waals surface area contributed by atoms with E-state index in [9.17, 15) is 0 Å². The normalized spacial score (nSPS) is 10.6. The molecule has 0 aliphatic carbocycles. The quantitative estimate of drug-likeness (QED) is 0.681. The van der Waals surface area contributed by atoms with Crippen molar-refractivity contribution >= 4 is 22.6 Å². The number of benzene rings is 1. The number of aryl methyl sites for hydroxylation is 1. The van der Waals surface area contributed by atoms with Crippen molar-refractivity contribution in [2.45, 2.75) is 0 Å². The number of para-hydroxylation sites is 1. The topological polar surface area (TPSA) is 54.5 Å². The number of pyridine rings is 1. The van der Waals surface area contributed by atoms with Gasteiger partial charge in [0, 0.05) is 25.0 Å². The van der Waals surface area contributed by atoms with Gasteiger partial charge in [0.05, 0.1) is 16.1 Å². The van der Waals surface area contributed by atoms with E-state index in [4.69, 9.17) is 16.9 Å². The van der Waals surface area contributed by atoms with Crippen LogP contribution in [-0.2, 0) is 7.05 Å². The molecule has 92 valence electrons. The minimum absolute atomic E-state index is 0.541. The lowest BCUT2D eigenvalue weighted by Gasteiger charge is -2.03. The summed E-state index contributed by atoms with van der Waals surface area (Å²) in [4.78, 5) is 8.51. The molecule has 0 radical (unpaired) electrons. The fourth-order valence-electron chi connectivity index (χ4n) is 2.10. The molecule has 5 heteroatoms. The highest BCUT2D eigenvalue weighted by molar-refractivity contribution is 6.33. The Morgan fingerprint density at radius 2 is 2.16 bits per heavy atom. The first-order chi connectivity index (χ1) is 9.22. The molecule has 2 heterocycles. The Morgan fingerprint density at radius 1 is 1.32 bits per heavy atom. The van der Waals surface area contributed by atoms with Crippen LogP contribution in [0.15, 0.2) is 36.7 Å². The van der Waals surface area contributed by atoms with Gasteiger partial charge in [0.1, 0.15) is 17.4 Å². The van der Waals surface area contributed by atoms with Crippen LogP contribution in [0.1, 0.15) is 5.56 Å². The highest BCUT2D eigenvalue weighted by Gasteiger charge is 2.14. The number of aromatic nitrogens is 3. The van der Waals surface area contributed by atoms with E-state index in [1.54, 1.807) is 18.5 Å². The maximum atomic E-state index is 9.13. The van der Waals surface area contributed by atoms with E-state index < -0.39 is 0 Å². The number of nitriles is 1. The second-order valence-electron chi connectivity index (χ2n) is 4.14. The Kier molecular flexibility index (Phi) is 2.69. The van der Waals surface area contributed by atoms with Crippen molar-refractivity contribution < 1.29 is 0 Å². The minimum atomic E-state index is 0.541. The molecule has 0 aliphatic rings. The van der Waals surface area contributed by atoms with Gasteiger partial charge in [-0.2, -0.15) is 5.26 Å². The number of hydrogen-bond donors (Lipinski definition) is 0. The highest BCUT2D eigenvalue weighted by Crippen LogP contribution is 2.29. The molecule has 0 fully saturated rings. The van der Waals surface area contributed by atoms with Gasteiger partial charge in [-0.15, -0.1) is 0 Å². The molecule has 3 aromatic rings. The zero-order valence-corrected chi connectivity index (χ0v) is 10.9. The Bertz CT molecular complexity index is 814. The monoisotopic (exact) mass is 268 g/mol. The summed E-state index contributed by atoms with van der Waals surface area (Å²) < 4.78 is 1.93. The van der Waals surface area contributed by atoms with E-state index in [2.05, 4.69) is 16.0 Å². The number of imidazole rings is 1. The third kappa shape index (κ3) is 1.76. The van der Waals surface area contributed by atoms with Crippen LogP contribution in [0.5, 0.6) is 0 Å². The molecule has 0 saturated carbocycles. The Balaban J connectivity index is 2.36. The van der Waals surface area contributed by atoms with E-state index in [1.807, 2.05) is 29.8 Å². The summed E-state index contributed by atoms with van der Waals surface area (Å²) in [5, 5.41) is 9.67. The molecular weight excluding hydrogens is 260 g/mol. The van der Waals surface area contributed by atoms with E-state index >= 15 is 0 Å². The first-order valence-electron chi connectivity index (χ1n) is 5.68. The lowest BCUT2D eigenvalue weighted by Crippen LogP contribution is -1.93. The van der Waals surface area contributed by atoms with Gasteiger partial charge in [0.2, 0.25) is 0 Å². The van der Waals surface area contributed by atoms with Crippen LogP contribution in [0, 0.1) is 11.3 Å². The fraction of sp³-hybridized carbons (Fsp3) is 0.0714. The lowest BCUT2D eigenvalue weighted by molar-refractivity contribution is 0.958. The molecule has 0 amide bonds. The molecule has 0 saturated heterocycles. The van der Waals surface area contributed by atoms with Gasteiger partial charge in [0.15, 0.2) is 0 Å². The van der Waals surface area contributed by atoms with E-state index in [0.29, 0.717) is 16.1 Å². The van der Waals surface area contributed by atoms with Gasteiger partial charge in [-0.05, 0) is 18.2 Å². The van der Waals surface area contributed by atoms with E-state index in [0.717, 1.165) is 16.9 Å². The number of halogens is 1. The lowest BCUT2D eigenvalue weighted by atomic mass is 10.2. The standard InChI is InChI=1S/C14H9ClN4/c1-19-12-4-2-3-9(7-16)13(12)18-14(19)10-5-6-17-8-11(10)15/h2-6,8H,1H3. The first-order valence-corrected chi connectivity index (χ1v) is 6.05. The number of rotatable bonds is 1. The summed E-state index contributed by atoms with van der Waals surface area (Å²) in [5.41, 5.74) is 2.96. The van der Waals surface area contributed by atoms with Crippen LogP contribution in [-0.4, -0.2) is 14.5 Å². The Labute approximate surface area is 114 Å². The van der Waals surface area contributed by atoms with Gasteiger partial charge in [-0.25, -0.2) is 4.98 Å². The summed E-state index contributed by atoms with van der Waals surface area (Å²) in [6.07, 6.45) is 3.26. The van der Waals surface area contributed by atoms with E-state index in [1.165, 1.54) is 0 Å². The van der Waals surface area contributed by atoms with Crippen molar-refractivity contribution in [1.29, 1.82) is 5.26 Å². The van der Waals surface area contributed by atoms with Gasteiger partial charge in [-0.3, -0.25) is 4.98 Å². The Hall–Kier alpha value is -2.38. The van der Waals surface area contributed by atoms with Crippen LogP contribution in [0.3, 0.4) is 0 Å². The third-order valence-electron chi connectivity index (χ3n) is 3.05. The predicted octanol–water partition coefficient (Wildman–Crippen LogP) is 3.16. The molecule has 1 aromatic carbocycles. The molecular formula is C14H9ClN4. The van der Waals surface area contributed by atoms with Crippen LogP contribution < -0.4 is 0 Å². The molecule has 0 spiro atoms. The summed E-state index contributed by atoms with van der Waals surface area (Å²) in [6.45, 7) is 0. The van der Waals surface area contributed by atoms with Crippen molar-refractivity contribution in [3.05, 3.63) is 47.2 Å². The fourth-order valence-corrected chi connectivity index (χ4v) is 2.31. The summed E-state index contributed by atoms with van der Waals surface area (Å²) in [6, 6.07) is 9.51. The molecule has 19 heavy (non-hydrogen) atoms. The molecule has 0 atom stereocenters. The summed E-state index contributed by atoms with van der Waals surface area (Å²) >= 11 is 6.15. The van der Waals surface area contributed by atoms with Crippen molar-refractivity contribution in [3.8, 4) is 17.5 Å². The average molecular weight is 269 g/mol. The molecule has 2 aromatic heterocycles. The zero-order chi connectivity index (χ0) is 13.4. The van der Waals surface area contributed by atoms with Crippen LogP contribution in [0.25, 0.3) is 22.4 Å². The second-order valence-corrected chi connectivity index (χ2v) is 4.54. The van der Waals surface area contributed by atoms with Crippen molar-refractivity contribution in [2.75, 3.05) is 0 Å². The molecule has 0 N–H and O–H groups in total. The Morgan fingerprint density at radius 3 is 2.89 bits per heavy atom. The number of nitrogens with zero attached hydrogens (tertiary/aromatic N) is 4. The largest absolute Gasteiger partial charge is 0.327 e. The molecule has 0 aliphatic heterocycles. The molecule has 3 rings (SSSR count). The molecule has 4 nitrogen and oxygen atoms in total. The van der Waals surface area contributed by atoms with Gasteiger partial charge >= 0.3 is 0 Å². The van der Waals surface area contributed by atoms with Crippen molar-refractivity contribution in [2.24, 2.45) is 7.05 Å². The second kappa shape index (κ2) is 4.38. The maximum absolute atomic E-state index is 9.13. The first kappa shape index (κ1) is 11.7. The van der Waals surface area contributed by atoms with Crippen molar-refractivity contribution in [1.82, 2.24) is 14.5 Å². The van der Waals surface area contributed by atoms with Gasteiger partial charge in [-0.1, -0.05) is 17.7 Å². The van der Waals surface area contributed by atoms with Crippen LogP contribution >= 0.6 is 11.6 Å². The summed E-state index contributed by atoms with van der Waals surface area (Å²) in [5.74, 6) is 0.727. The van der Waals surface area contributed by atoms with E-state index in [-0.39, 0.29) is 0 Å². The summed E-state index contributed by atoms with van der Waals surface area (Å²) in [7, 11) is 1.91. The predicted molar refractivity (Wildman–Crippen MR) is 73.7 cm³/mol. The maximum Gasteiger partial charge on any atom is 0.142 e. The highest BCUT2D eigenvalue weighted by atomic mass is 35.5. The molecule has 0 bridgehead atoms. The van der Waals surface area contributed by atoms with Gasteiger partial charge < -0.3 is 4.57 Å². The number of hydrogen-bond acceptors (Lipinski definition) is 3. The smallest absolute Gasteiger partial charge is 0.142 e. The minimum Gasteiger partial charge on any atom is -0.327 e. The van der Waals surface area contributed by atoms with Gasteiger partial charge in [0.25, 0.3) is 0 Å². The van der Waals surface area contributed by atoms with Crippen molar-refractivity contribution in [3.63, 3.8) is 0 Å². The molecule has 0 unspecified atom stereocenters.